The van der Waals surface area contributed by atoms with Crippen LogP contribution in [0.4, 0.5) is 11.6 Å². The molecule has 1 amide bonds. The molecule has 24 heavy (non-hydrogen) atoms. The van der Waals surface area contributed by atoms with Gasteiger partial charge >= 0.3 is 0 Å². The summed E-state index contributed by atoms with van der Waals surface area (Å²) in [5.41, 5.74) is 2.91. The first-order chi connectivity index (χ1) is 11.5. The van der Waals surface area contributed by atoms with E-state index in [0.29, 0.717) is 11.4 Å². The first kappa shape index (κ1) is 16.4. The molecule has 1 aromatic carbocycles. The third-order valence-electron chi connectivity index (χ3n) is 4.77. The van der Waals surface area contributed by atoms with E-state index < -0.39 is 0 Å². The van der Waals surface area contributed by atoms with Crippen molar-refractivity contribution in [2.24, 2.45) is 5.92 Å². The molecule has 0 radical (unpaired) electrons. The van der Waals surface area contributed by atoms with Gasteiger partial charge < -0.3 is 10.2 Å². The fraction of sp³-hybridized carbons (Fsp3) is 0.421. The Morgan fingerprint density at radius 2 is 1.83 bits per heavy atom. The van der Waals surface area contributed by atoms with E-state index in [4.69, 9.17) is 0 Å². The van der Waals surface area contributed by atoms with E-state index >= 15 is 0 Å². The van der Waals surface area contributed by atoms with E-state index in [-0.39, 0.29) is 5.91 Å². The van der Waals surface area contributed by atoms with Crippen LogP contribution in [-0.2, 0) is 0 Å². The highest BCUT2D eigenvalue weighted by atomic mass is 16.1. The van der Waals surface area contributed by atoms with Crippen LogP contribution >= 0.6 is 0 Å². The second kappa shape index (κ2) is 6.99. The van der Waals surface area contributed by atoms with Gasteiger partial charge in [0.1, 0.15) is 0 Å². The number of carbonyl (C=O) groups excluding carboxylic acids is 1. The van der Waals surface area contributed by atoms with Gasteiger partial charge in [0, 0.05) is 18.7 Å². The molecule has 0 saturated carbocycles. The summed E-state index contributed by atoms with van der Waals surface area (Å²) >= 11 is 0. The number of benzene rings is 1. The van der Waals surface area contributed by atoms with E-state index in [1.54, 1.807) is 0 Å². The van der Waals surface area contributed by atoms with Crippen molar-refractivity contribution < 1.29 is 4.79 Å². The summed E-state index contributed by atoms with van der Waals surface area (Å²) in [7, 11) is 0. The Morgan fingerprint density at radius 1 is 1.08 bits per heavy atom. The molecule has 3 rings (SSSR count). The van der Waals surface area contributed by atoms with Crippen molar-refractivity contribution in [3.8, 4) is 0 Å². The minimum absolute atomic E-state index is 0.160. The number of amides is 1. The molecular formula is C19H24N4O. The van der Waals surface area contributed by atoms with Crippen molar-refractivity contribution in [1.82, 2.24) is 10.2 Å². The van der Waals surface area contributed by atoms with E-state index in [2.05, 4.69) is 27.3 Å². The zero-order valence-corrected chi connectivity index (χ0v) is 14.5. The number of nitrogens with zero attached hydrogens (tertiary/aromatic N) is 3. The average Bonchev–Trinajstić information content (AvgIpc) is 2.59. The van der Waals surface area contributed by atoms with Crippen LogP contribution in [0.2, 0.25) is 0 Å². The summed E-state index contributed by atoms with van der Waals surface area (Å²) in [5.74, 6) is 1.98. The van der Waals surface area contributed by atoms with Crippen LogP contribution in [-0.4, -0.2) is 29.2 Å². The maximum absolute atomic E-state index is 12.3. The van der Waals surface area contributed by atoms with Gasteiger partial charge in [-0.05, 0) is 68.0 Å². The van der Waals surface area contributed by atoms with Crippen molar-refractivity contribution in [2.75, 3.05) is 23.3 Å². The average molecular weight is 324 g/mol. The molecule has 0 bridgehead atoms. The van der Waals surface area contributed by atoms with Gasteiger partial charge in [-0.2, -0.15) is 0 Å². The van der Waals surface area contributed by atoms with E-state index in [1.165, 1.54) is 18.4 Å². The topological polar surface area (TPSA) is 58.1 Å². The lowest BCUT2D eigenvalue weighted by atomic mass is 9.99. The van der Waals surface area contributed by atoms with Gasteiger partial charge in [0.2, 0.25) is 0 Å². The number of aromatic nitrogens is 2. The van der Waals surface area contributed by atoms with Crippen molar-refractivity contribution >= 4 is 17.5 Å². The smallest absolute Gasteiger partial charge is 0.256 e. The van der Waals surface area contributed by atoms with Crippen LogP contribution in [0.1, 0.15) is 41.3 Å². The third-order valence-corrected chi connectivity index (χ3v) is 4.77. The monoisotopic (exact) mass is 324 g/mol. The maximum atomic E-state index is 12.3. The quantitative estimate of drug-likeness (QED) is 0.937. The fourth-order valence-electron chi connectivity index (χ4n) is 2.87. The minimum atomic E-state index is -0.160. The van der Waals surface area contributed by atoms with Crippen molar-refractivity contribution in [1.29, 1.82) is 0 Å². The molecule has 0 spiro atoms. The number of rotatable bonds is 3. The van der Waals surface area contributed by atoms with Gasteiger partial charge in [-0.1, -0.05) is 13.0 Å². The molecule has 0 aliphatic carbocycles. The number of hydrogen-bond donors (Lipinski definition) is 1. The Kier molecular flexibility index (Phi) is 4.79. The molecule has 1 saturated heterocycles. The van der Waals surface area contributed by atoms with Crippen LogP contribution in [0.25, 0.3) is 0 Å². The molecule has 1 N–H and O–H groups in total. The highest BCUT2D eigenvalue weighted by molar-refractivity contribution is 6.03. The zero-order valence-electron chi connectivity index (χ0n) is 14.5. The van der Waals surface area contributed by atoms with E-state index in [0.717, 1.165) is 30.4 Å². The van der Waals surface area contributed by atoms with Crippen LogP contribution in [0.15, 0.2) is 30.3 Å². The zero-order chi connectivity index (χ0) is 17.1. The lowest BCUT2D eigenvalue weighted by Gasteiger charge is -2.30. The molecule has 1 aliphatic heterocycles. The van der Waals surface area contributed by atoms with Crippen molar-refractivity contribution in [3.05, 3.63) is 47.0 Å². The largest absolute Gasteiger partial charge is 0.355 e. The summed E-state index contributed by atoms with van der Waals surface area (Å²) in [5, 5.41) is 11.2. The Bertz CT molecular complexity index is 719. The van der Waals surface area contributed by atoms with Crippen LogP contribution < -0.4 is 10.2 Å². The molecule has 1 aromatic heterocycles. The molecule has 0 unspecified atom stereocenters. The molecule has 126 valence electrons. The molecular weight excluding hydrogens is 300 g/mol. The SMILES string of the molecule is Cc1ccc(C(=O)Nc2ccc(N3CCC(C)CC3)nn2)cc1C. The summed E-state index contributed by atoms with van der Waals surface area (Å²) in [6, 6.07) is 9.42. The second-order valence-corrected chi connectivity index (χ2v) is 6.70. The Hall–Kier alpha value is -2.43. The predicted octanol–water partition coefficient (Wildman–Crippen LogP) is 3.58. The molecule has 5 heteroatoms. The summed E-state index contributed by atoms with van der Waals surface area (Å²) in [6.45, 7) is 8.35. The minimum Gasteiger partial charge on any atom is -0.355 e. The van der Waals surface area contributed by atoms with Crippen LogP contribution in [0, 0.1) is 19.8 Å². The van der Waals surface area contributed by atoms with Crippen LogP contribution in [0.5, 0.6) is 0 Å². The highest BCUT2D eigenvalue weighted by Crippen LogP contribution is 2.21. The lowest BCUT2D eigenvalue weighted by Crippen LogP contribution is -2.33. The van der Waals surface area contributed by atoms with Gasteiger partial charge in [-0.3, -0.25) is 4.79 Å². The van der Waals surface area contributed by atoms with Gasteiger partial charge in [0.05, 0.1) is 0 Å². The van der Waals surface area contributed by atoms with Gasteiger partial charge in [-0.25, -0.2) is 0 Å². The maximum Gasteiger partial charge on any atom is 0.256 e. The first-order valence-corrected chi connectivity index (χ1v) is 8.50. The Labute approximate surface area is 143 Å². The number of aryl methyl sites for hydroxylation is 2. The van der Waals surface area contributed by atoms with Gasteiger partial charge in [-0.15, -0.1) is 10.2 Å². The summed E-state index contributed by atoms with van der Waals surface area (Å²) in [4.78, 5) is 14.6. The van der Waals surface area contributed by atoms with E-state index in [1.807, 2.05) is 44.2 Å². The lowest BCUT2D eigenvalue weighted by molar-refractivity contribution is 0.102. The summed E-state index contributed by atoms with van der Waals surface area (Å²) in [6.07, 6.45) is 2.37. The third kappa shape index (κ3) is 3.72. The van der Waals surface area contributed by atoms with Crippen molar-refractivity contribution in [3.63, 3.8) is 0 Å². The number of anilines is 2. The predicted molar refractivity (Wildman–Crippen MR) is 96.5 cm³/mol. The molecule has 5 nitrogen and oxygen atoms in total. The Morgan fingerprint density at radius 3 is 2.46 bits per heavy atom. The number of piperidine rings is 1. The van der Waals surface area contributed by atoms with Gasteiger partial charge in [0.15, 0.2) is 11.6 Å². The number of nitrogens with one attached hydrogen (secondary N) is 1. The highest BCUT2D eigenvalue weighted by Gasteiger charge is 2.17. The van der Waals surface area contributed by atoms with E-state index in [9.17, 15) is 4.79 Å². The van der Waals surface area contributed by atoms with Crippen LogP contribution in [0.3, 0.4) is 0 Å². The van der Waals surface area contributed by atoms with Gasteiger partial charge in [0.25, 0.3) is 5.91 Å². The summed E-state index contributed by atoms with van der Waals surface area (Å²) < 4.78 is 0. The molecule has 2 heterocycles. The number of hydrogen-bond acceptors (Lipinski definition) is 4. The normalized spacial score (nSPS) is 15.4. The first-order valence-electron chi connectivity index (χ1n) is 8.50. The molecule has 1 fully saturated rings. The fourth-order valence-corrected chi connectivity index (χ4v) is 2.87. The second-order valence-electron chi connectivity index (χ2n) is 6.70. The molecule has 0 atom stereocenters. The Balaban J connectivity index is 1.65. The molecule has 2 aromatic rings. The number of carbonyl (C=O) groups is 1. The standard InChI is InChI=1S/C19H24N4O/c1-13-8-10-23(11-9-13)18-7-6-17(21-22-18)20-19(24)16-5-4-14(2)15(3)12-16/h4-7,12-13H,8-11H2,1-3H3,(H,20,21,24). The molecule has 1 aliphatic rings. The van der Waals surface area contributed by atoms with Crippen molar-refractivity contribution in [2.45, 2.75) is 33.6 Å².